The Morgan fingerprint density at radius 2 is 1.33 bits per heavy atom. The number of hydrogen-bond acceptors (Lipinski definition) is 4. The van der Waals surface area contributed by atoms with Crippen molar-refractivity contribution in [1.82, 2.24) is 10.6 Å². The molecule has 4 nitrogen and oxygen atoms in total. The second-order valence-corrected chi connectivity index (χ2v) is 6.25. The lowest BCUT2D eigenvalue weighted by atomic mass is 10.0. The molecule has 3 aromatic rings. The predicted octanol–water partition coefficient (Wildman–Crippen LogP) is 4.93. The molecule has 1 fully saturated rings. The van der Waals surface area contributed by atoms with E-state index in [-0.39, 0.29) is 18.4 Å². The van der Waals surface area contributed by atoms with Crippen LogP contribution < -0.4 is 20.1 Å². The van der Waals surface area contributed by atoms with Crippen LogP contribution in [0.2, 0.25) is 0 Å². The van der Waals surface area contributed by atoms with Crippen molar-refractivity contribution in [1.29, 1.82) is 0 Å². The van der Waals surface area contributed by atoms with Crippen molar-refractivity contribution in [2.75, 3.05) is 19.6 Å². The van der Waals surface area contributed by atoms with Crippen LogP contribution in [-0.4, -0.2) is 19.6 Å². The Morgan fingerprint density at radius 1 is 0.704 bits per heavy atom. The van der Waals surface area contributed by atoms with E-state index < -0.39 is 0 Å². The van der Waals surface area contributed by atoms with Crippen LogP contribution in [-0.2, 0) is 0 Å². The van der Waals surface area contributed by atoms with Crippen molar-refractivity contribution in [3.8, 4) is 23.0 Å². The molecule has 0 unspecified atom stereocenters. The van der Waals surface area contributed by atoms with Gasteiger partial charge in [0.15, 0.2) is 11.5 Å². The van der Waals surface area contributed by atoms with Crippen molar-refractivity contribution in [3.63, 3.8) is 0 Å². The smallest absolute Gasteiger partial charge is 0.170 e. The quantitative estimate of drug-likeness (QED) is 0.656. The molecular weight excluding hydrogens is 360 g/mol. The Labute approximate surface area is 165 Å². The van der Waals surface area contributed by atoms with E-state index in [1.54, 1.807) is 0 Å². The van der Waals surface area contributed by atoms with E-state index in [1.165, 1.54) is 5.56 Å². The summed E-state index contributed by atoms with van der Waals surface area (Å²) in [5.41, 5.74) is 1.18. The fraction of sp³-hybridized carbons (Fsp3) is 0.182. The minimum atomic E-state index is 0. The summed E-state index contributed by atoms with van der Waals surface area (Å²) >= 11 is 0. The Hall–Kier alpha value is -2.53. The van der Waals surface area contributed by atoms with E-state index in [1.807, 2.05) is 66.7 Å². The van der Waals surface area contributed by atoms with Gasteiger partial charge >= 0.3 is 0 Å². The number of halogens is 1. The average Bonchev–Trinajstić information content (AvgIpc) is 2.71. The lowest BCUT2D eigenvalue weighted by Crippen LogP contribution is -2.42. The molecule has 27 heavy (non-hydrogen) atoms. The summed E-state index contributed by atoms with van der Waals surface area (Å²) in [6.07, 6.45) is 0. The van der Waals surface area contributed by atoms with Crippen molar-refractivity contribution in [2.24, 2.45) is 0 Å². The van der Waals surface area contributed by atoms with E-state index in [4.69, 9.17) is 9.47 Å². The van der Waals surface area contributed by atoms with Crippen LogP contribution in [0.5, 0.6) is 23.0 Å². The SMILES string of the molecule is Cl.c1ccc(Oc2ccc([C@H]3CNCCN3)cc2Oc2ccccc2)cc1. The monoisotopic (exact) mass is 382 g/mol. The molecule has 4 rings (SSSR count). The van der Waals surface area contributed by atoms with E-state index in [9.17, 15) is 0 Å². The zero-order valence-corrected chi connectivity index (χ0v) is 15.7. The Kier molecular flexibility index (Phi) is 6.71. The maximum Gasteiger partial charge on any atom is 0.170 e. The van der Waals surface area contributed by atoms with Gasteiger partial charge in [-0.3, -0.25) is 0 Å². The van der Waals surface area contributed by atoms with Gasteiger partial charge in [0.05, 0.1) is 0 Å². The number of para-hydroxylation sites is 2. The average molecular weight is 383 g/mol. The molecule has 1 saturated heterocycles. The third-order valence-corrected chi connectivity index (χ3v) is 4.35. The largest absolute Gasteiger partial charge is 0.453 e. The first kappa shape index (κ1) is 19.2. The maximum absolute atomic E-state index is 6.14. The van der Waals surface area contributed by atoms with Crippen molar-refractivity contribution in [2.45, 2.75) is 6.04 Å². The van der Waals surface area contributed by atoms with Gasteiger partial charge in [0.1, 0.15) is 11.5 Å². The van der Waals surface area contributed by atoms with Gasteiger partial charge in [-0.2, -0.15) is 0 Å². The summed E-state index contributed by atoms with van der Waals surface area (Å²) in [6, 6.07) is 26.0. The van der Waals surface area contributed by atoms with Crippen molar-refractivity contribution in [3.05, 3.63) is 84.4 Å². The molecule has 5 heteroatoms. The molecule has 1 heterocycles. The summed E-state index contributed by atoms with van der Waals surface area (Å²) in [5.74, 6) is 2.99. The van der Waals surface area contributed by atoms with Gasteiger partial charge in [0, 0.05) is 25.7 Å². The first-order valence-electron chi connectivity index (χ1n) is 8.92. The first-order chi connectivity index (χ1) is 12.9. The van der Waals surface area contributed by atoms with Crippen LogP contribution in [0.1, 0.15) is 11.6 Å². The Morgan fingerprint density at radius 3 is 1.93 bits per heavy atom. The van der Waals surface area contributed by atoms with Crippen molar-refractivity contribution < 1.29 is 9.47 Å². The molecule has 1 atom stereocenters. The highest BCUT2D eigenvalue weighted by Gasteiger charge is 2.17. The topological polar surface area (TPSA) is 42.5 Å². The molecule has 0 spiro atoms. The number of rotatable bonds is 5. The molecule has 0 saturated carbocycles. The minimum absolute atomic E-state index is 0. The number of hydrogen-bond donors (Lipinski definition) is 2. The number of piperazine rings is 1. The van der Waals surface area contributed by atoms with Crippen LogP contribution in [0.25, 0.3) is 0 Å². The van der Waals surface area contributed by atoms with E-state index >= 15 is 0 Å². The fourth-order valence-electron chi connectivity index (χ4n) is 3.03. The molecule has 3 aromatic carbocycles. The predicted molar refractivity (Wildman–Crippen MR) is 110 cm³/mol. The third-order valence-electron chi connectivity index (χ3n) is 4.35. The van der Waals surface area contributed by atoms with Crippen LogP contribution >= 0.6 is 12.4 Å². The summed E-state index contributed by atoms with van der Waals surface area (Å²) in [4.78, 5) is 0. The lowest BCUT2D eigenvalue weighted by Gasteiger charge is -2.25. The molecule has 0 aromatic heterocycles. The van der Waals surface area contributed by atoms with E-state index in [0.717, 1.165) is 31.1 Å². The second kappa shape index (κ2) is 9.42. The molecule has 1 aliphatic rings. The fourth-order valence-corrected chi connectivity index (χ4v) is 3.03. The number of benzene rings is 3. The summed E-state index contributed by atoms with van der Waals surface area (Å²) in [5, 5.41) is 6.96. The van der Waals surface area contributed by atoms with Crippen LogP contribution in [0.3, 0.4) is 0 Å². The number of nitrogens with one attached hydrogen (secondary N) is 2. The summed E-state index contributed by atoms with van der Waals surface area (Å²) in [7, 11) is 0. The molecular formula is C22H23ClN2O2. The highest BCUT2D eigenvalue weighted by molar-refractivity contribution is 5.85. The van der Waals surface area contributed by atoms with Gasteiger partial charge in [-0.05, 0) is 42.0 Å². The minimum Gasteiger partial charge on any atom is -0.453 e. The standard InChI is InChI=1S/C22H22N2O2.ClH/c1-3-7-18(8-4-1)25-21-12-11-17(20-16-23-13-14-24-20)15-22(21)26-19-9-5-2-6-10-19;/h1-12,15,20,23-24H,13-14,16H2;1H/t20-;/m1./s1. The van der Waals surface area contributed by atoms with E-state index in [2.05, 4.69) is 22.8 Å². The van der Waals surface area contributed by atoms with E-state index in [0.29, 0.717) is 11.5 Å². The molecule has 0 bridgehead atoms. The van der Waals surface area contributed by atoms with Gasteiger partial charge in [-0.15, -0.1) is 12.4 Å². The third kappa shape index (κ3) is 5.01. The summed E-state index contributed by atoms with van der Waals surface area (Å²) in [6.45, 7) is 2.87. The zero-order chi connectivity index (χ0) is 17.6. The Balaban J connectivity index is 0.00000210. The van der Waals surface area contributed by atoms with Gasteiger partial charge in [-0.1, -0.05) is 42.5 Å². The zero-order valence-electron chi connectivity index (χ0n) is 14.9. The van der Waals surface area contributed by atoms with Gasteiger partial charge in [-0.25, -0.2) is 0 Å². The molecule has 0 aliphatic carbocycles. The molecule has 0 amide bonds. The highest BCUT2D eigenvalue weighted by Crippen LogP contribution is 2.36. The molecule has 140 valence electrons. The molecule has 0 radical (unpaired) electrons. The van der Waals surface area contributed by atoms with Gasteiger partial charge < -0.3 is 20.1 Å². The van der Waals surface area contributed by atoms with Crippen LogP contribution in [0.4, 0.5) is 0 Å². The van der Waals surface area contributed by atoms with Crippen LogP contribution in [0, 0.1) is 0 Å². The lowest BCUT2D eigenvalue weighted by molar-refractivity contribution is 0.409. The van der Waals surface area contributed by atoms with Crippen molar-refractivity contribution >= 4 is 12.4 Å². The normalized spacial score (nSPS) is 16.2. The van der Waals surface area contributed by atoms with Gasteiger partial charge in [0.25, 0.3) is 0 Å². The number of ether oxygens (including phenoxy) is 2. The maximum atomic E-state index is 6.14. The Bertz CT molecular complexity index is 837. The highest BCUT2D eigenvalue weighted by atomic mass is 35.5. The van der Waals surface area contributed by atoms with Crippen LogP contribution in [0.15, 0.2) is 78.9 Å². The summed E-state index contributed by atoms with van der Waals surface area (Å²) < 4.78 is 12.2. The van der Waals surface area contributed by atoms with Gasteiger partial charge in [0.2, 0.25) is 0 Å². The second-order valence-electron chi connectivity index (χ2n) is 6.25. The molecule has 1 aliphatic heterocycles. The first-order valence-corrected chi connectivity index (χ1v) is 8.92. The molecule has 2 N–H and O–H groups in total.